The van der Waals surface area contributed by atoms with Gasteiger partial charge in [0, 0.05) is 16.6 Å². The fourth-order valence-corrected chi connectivity index (χ4v) is 1.82. The van der Waals surface area contributed by atoms with Gasteiger partial charge in [-0.25, -0.2) is 0 Å². The third kappa shape index (κ3) is 5.25. The fraction of sp³-hybridized carbons (Fsp3) is 0.429. The largest absolute Gasteiger partial charge is 0.481 e. The SMILES string of the molecule is CC#CCOc1ccc(Br)cc1CNCCC. The second kappa shape index (κ2) is 8.16. The zero-order valence-corrected chi connectivity index (χ0v) is 11.9. The zero-order chi connectivity index (χ0) is 12.5. The van der Waals surface area contributed by atoms with Crippen molar-refractivity contribution in [2.45, 2.75) is 26.8 Å². The number of hydrogen-bond acceptors (Lipinski definition) is 2. The second-order valence-corrected chi connectivity index (χ2v) is 4.56. The van der Waals surface area contributed by atoms with E-state index in [2.05, 4.69) is 46.1 Å². The first-order valence-electron chi connectivity index (χ1n) is 5.79. The maximum absolute atomic E-state index is 5.63. The van der Waals surface area contributed by atoms with Crippen LogP contribution in [0, 0.1) is 11.8 Å². The molecule has 92 valence electrons. The van der Waals surface area contributed by atoms with Crippen LogP contribution in [0.3, 0.4) is 0 Å². The van der Waals surface area contributed by atoms with Gasteiger partial charge in [0.1, 0.15) is 12.4 Å². The van der Waals surface area contributed by atoms with E-state index in [-0.39, 0.29) is 0 Å². The van der Waals surface area contributed by atoms with E-state index >= 15 is 0 Å². The van der Waals surface area contributed by atoms with E-state index in [0.717, 1.165) is 35.3 Å². The predicted molar refractivity (Wildman–Crippen MR) is 75.1 cm³/mol. The molecule has 1 aromatic rings. The summed E-state index contributed by atoms with van der Waals surface area (Å²) in [6.07, 6.45) is 1.13. The topological polar surface area (TPSA) is 21.3 Å². The van der Waals surface area contributed by atoms with Gasteiger partial charge >= 0.3 is 0 Å². The quantitative estimate of drug-likeness (QED) is 0.642. The Bertz CT molecular complexity index is 406. The molecule has 0 bridgehead atoms. The first kappa shape index (κ1) is 14.1. The summed E-state index contributed by atoms with van der Waals surface area (Å²) in [6, 6.07) is 6.04. The maximum atomic E-state index is 5.63. The standard InChI is InChI=1S/C14H18BrNO/c1-3-5-9-17-14-7-6-13(15)10-12(14)11-16-8-4-2/h6-7,10,16H,4,8-9,11H2,1-2H3. The van der Waals surface area contributed by atoms with Gasteiger partial charge in [0.25, 0.3) is 0 Å². The molecule has 0 spiro atoms. The summed E-state index contributed by atoms with van der Waals surface area (Å²) in [5.41, 5.74) is 1.16. The van der Waals surface area contributed by atoms with Gasteiger partial charge in [-0.15, -0.1) is 5.92 Å². The summed E-state index contributed by atoms with van der Waals surface area (Å²) >= 11 is 3.48. The molecule has 0 aromatic heterocycles. The van der Waals surface area contributed by atoms with Crippen molar-refractivity contribution in [1.82, 2.24) is 5.32 Å². The highest BCUT2D eigenvalue weighted by molar-refractivity contribution is 9.10. The van der Waals surface area contributed by atoms with E-state index in [1.54, 1.807) is 0 Å². The molecule has 0 saturated heterocycles. The van der Waals surface area contributed by atoms with Gasteiger partial charge < -0.3 is 10.1 Å². The average Bonchev–Trinajstić information content (AvgIpc) is 2.32. The van der Waals surface area contributed by atoms with E-state index in [9.17, 15) is 0 Å². The Morgan fingerprint density at radius 1 is 1.41 bits per heavy atom. The molecular formula is C14H18BrNO. The Hall–Kier alpha value is -0.980. The number of benzene rings is 1. The van der Waals surface area contributed by atoms with Crippen molar-refractivity contribution in [2.24, 2.45) is 0 Å². The third-order valence-corrected chi connectivity index (χ3v) is 2.73. The van der Waals surface area contributed by atoms with Crippen LogP contribution in [-0.2, 0) is 6.54 Å². The summed E-state index contributed by atoms with van der Waals surface area (Å²) in [7, 11) is 0. The lowest BCUT2D eigenvalue weighted by Crippen LogP contribution is -2.14. The lowest BCUT2D eigenvalue weighted by atomic mass is 10.2. The monoisotopic (exact) mass is 295 g/mol. The summed E-state index contributed by atoms with van der Waals surface area (Å²) < 4.78 is 6.70. The highest BCUT2D eigenvalue weighted by atomic mass is 79.9. The zero-order valence-electron chi connectivity index (χ0n) is 10.3. The van der Waals surface area contributed by atoms with Gasteiger partial charge in [0.15, 0.2) is 0 Å². The van der Waals surface area contributed by atoms with E-state index in [4.69, 9.17) is 4.74 Å². The molecule has 0 amide bonds. The minimum atomic E-state index is 0.443. The number of nitrogens with one attached hydrogen (secondary N) is 1. The number of halogens is 1. The van der Waals surface area contributed by atoms with Gasteiger partial charge in [0.05, 0.1) is 0 Å². The van der Waals surface area contributed by atoms with Crippen molar-refractivity contribution in [3.63, 3.8) is 0 Å². The molecule has 2 nitrogen and oxygen atoms in total. The van der Waals surface area contributed by atoms with Crippen molar-refractivity contribution in [1.29, 1.82) is 0 Å². The molecule has 0 aliphatic rings. The first-order chi connectivity index (χ1) is 8.27. The highest BCUT2D eigenvalue weighted by Crippen LogP contribution is 2.23. The van der Waals surface area contributed by atoms with Gasteiger partial charge in [-0.1, -0.05) is 28.8 Å². The van der Waals surface area contributed by atoms with Crippen molar-refractivity contribution < 1.29 is 4.74 Å². The van der Waals surface area contributed by atoms with E-state index in [0.29, 0.717) is 6.61 Å². The molecule has 1 aromatic carbocycles. The Kier molecular flexibility index (Phi) is 6.76. The summed E-state index contributed by atoms with van der Waals surface area (Å²) in [4.78, 5) is 0. The van der Waals surface area contributed by atoms with Crippen molar-refractivity contribution in [3.8, 4) is 17.6 Å². The van der Waals surface area contributed by atoms with Crippen LogP contribution in [0.1, 0.15) is 25.8 Å². The molecule has 0 unspecified atom stereocenters. The smallest absolute Gasteiger partial charge is 0.149 e. The lowest BCUT2D eigenvalue weighted by Gasteiger charge is -2.11. The molecule has 3 heteroatoms. The minimum Gasteiger partial charge on any atom is -0.481 e. The van der Waals surface area contributed by atoms with E-state index in [1.165, 1.54) is 0 Å². The summed E-state index contributed by atoms with van der Waals surface area (Å²) in [5, 5.41) is 3.37. The molecule has 0 heterocycles. The van der Waals surface area contributed by atoms with Gasteiger partial charge in [0.2, 0.25) is 0 Å². The van der Waals surface area contributed by atoms with Crippen LogP contribution in [0.15, 0.2) is 22.7 Å². The third-order valence-electron chi connectivity index (χ3n) is 2.24. The van der Waals surface area contributed by atoms with Crippen LogP contribution in [-0.4, -0.2) is 13.2 Å². The van der Waals surface area contributed by atoms with Crippen LogP contribution in [0.25, 0.3) is 0 Å². The van der Waals surface area contributed by atoms with Gasteiger partial charge in [-0.2, -0.15) is 0 Å². The van der Waals surface area contributed by atoms with Crippen LogP contribution >= 0.6 is 15.9 Å². The number of hydrogen-bond donors (Lipinski definition) is 1. The first-order valence-corrected chi connectivity index (χ1v) is 6.58. The van der Waals surface area contributed by atoms with Crippen molar-refractivity contribution >= 4 is 15.9 Å². The van der Waals surface area contributed by atoms with Crippen molar-refractivity contribution in [2.75, 3.05) is 13.2 Å². The normalized spacial score (nSPS) is 9.59. The Labute approximate surface area is 112 Å². The average molecular weight is 296 g/mol. The fourth-order valence-electron chi connectivity index (χ4n) is 1.41. The highest BCUT2D eigenvalue weighted by Gasteiger charge is 2.03. The summed E-state index contributed by atoms with van der Waals surface area (Å²) in [6.45, 7) is 6.25. The molecule has 0 atom stereocenters. The van der Waals surface area contributed by atoms with Crippen LogP contribution in [0.4, 0.5) is 0 Å². The molecule has 1 N–H and O–H groups in total. The predicted octanol–water partition coefficient (Wildman–Crippen LogP) is 3.35. The molecule has 0 radical (unpaired) electrons. The minimum absolute atomic E-state index is 0.443. The Morgan fingerprint density at radius 2 is 2.24 bits per heavy atom. The number of ether oxygens (including phenoxy) is 1. The van der Waals surface area contributed by atoms with Crippen LogP contribution in [0.2, 0.25) is 0 Å². The van der Waals surface area contributed by atoms with Gasteiger partial charge in [-0.3, -0.25) is 0 Å². The molecule has 17 heavy (non-hydrogen) atoms. The molecule has 1 rings (SSSR count). The van der Waals surface area contributed by atoms with Gasteiger partial charge in [-0.05, 0) is 38.1 Å². The van der Waals surface area contributed by atoms with E-state index < -0.39 is 0 Å². The van der Waals surface area contributed by atoms with Crippen LogP contribution < -0.4 is 10.1 Å². The molecular weight excluding hydrogens is 278 g/mol. The molecule has 0 aliphatic heterocycles. The molecule has 0 fully saturated rings. The molecule has 0 saturated carbocycles. The number of rotatable bonds is 6. The van der Waals surface area contributed by atoms with Crippen molar-refractivity contribution in [3.05, 3.63) is 28.2 Å². The second-order valence-electron chi connectivity index (χ2n) is 3.64. The van der Waals surface area contributed by atoms with Crippen LogP contribution in [0.5, 0.6) is 5.75 Å². The Morgan fingerprint density at radius 3 is 2.94 bits per heavy atom. The Balaban J connectivity index is 2.68. The maximum Gasteiger partial charge on any atom is 0.149 e. The van der Waals surface area contributed by atoms with E-state index in [1.807, 2.05) is 19.1 Å². The lowest BCUT2D eigenvalue weighted by molar-refractivity contribution is 0.364. The summed E-state index contributed by atoms with van der Waals surface area (Å²) in [5.74, 6) is 6.63. The molecule has 0 aliphatic carbocycles.